The molecule has 0 aromatic heterocycles. The van der Waals surface area contributed by atoms with Crippen molar-refractivity contribution >= 4 is 27.1 Å². The van der Waals surface area contributed by atoms with Crippen LogP contribution in [0.3, 0.4) is 0 Å². The van der Waals surface area contributed by atoms with Gasteiger partial charge in [0.1, 0.15) is 23.0 Å². The van der Waals surface area contributed by atoms with E-state index in [0.717, 1.165) is 83.5 Å². The lowest BCUT2D eigenvalue weighted by atomic mass is 9.62. The molecule has 272 valence electrons. The highest BCUT2D eigenvalue weighted by Crippen LogP contribution is 2.64. The number of methoxy groups -OCH3 is 2. The molecule has 0 radical (unpaired) electrons. The van der Waals surface area contributed by atoms with Crippen LogP contribution in [0.1, 0.15) is 45.2 Å². The lowest BCUT2D eigenvalue weighted by molar-refractivity contribution is -0.192. The second-order valence-electron chi connectivity index (χ2n) is 14.6. The number of allylic oxidation sites excluding steroid dienone is 1. The molecule has 8 aromatic carbocycles. The molecule has 8 aromatic rings. The fourth-order valence-electron chi connectivity index (χ4n) is 9.22. The Morgan fingerprint density at radius 1 is 0.518 bits per heavy atom. The SMILES string of the molecule is COc1cccc(C2c3c(ccc4ccccc34)OC3(c4cccc(OC)c4)Oc4ccc5ccccc5c4C(C=C(c4ccccc4)c4ccccc4)C23)c1. The Kier molecular flexibility index (Phi) is 8.33. The molecule has 0 aliphatic carbocycles. The molecule has 0 bridgehead atoms. The molecule has 0 fully saturated rings. The first-order valence-corrected chi connectivity index (χ1v) is 19.2. The molecule has 56 heavy (non-hydrogen) atoms. The summed E-state index contributed by atoms with van der Waals surface area (Å²) in [6.07, 6.45) is 2.49. The van der Waals surface area contributed by atoms with Gasteiger partial charge in [0.2, 0.25) is 0 Å². The summed E-state index contributed by atoms with van der Waals surface area (Å²) in [7, 11) is 3.44. The predicted octanol–water partition coefficient (Wildman–Crippen LogP) is 12.3. The number of hydrogen-bond donors (Lipinski definition) is 0. The molecule has 4 nitrogen and oxygen atoms in total. The van der Waals surface area contributed by atoms with Crippen LogP contribution in [-0.4, -0.2) is 14.2 Å². The molecule has 4 atom stereocenters. The summed E-state index contributed by atoms with van der Waals surface area (Å²) in [5, 5.41) is 4.61. The van der Waals surface area contributed by atoms with Gasteiger partial charge in [-0.2, -0.15) is 0 Å². The minimum Gasteiger partial charge on any atom is -0.497 e. The van der Waals surface area contributed by atoms with Crippen LogP contribution in [0.25, 0.3) is 27.1 Å². The lowest BCUT2D eigenvalue weighted by Crippen LogP contribution is -2.55. The minimum atomic E-state index is -1.28. The molecule has 2 heterocycles. The van der Waals surface area contributed by atoms with Crippen LogP contribution < -0.4 is 18.9 Å². The van der Waals surface area contributed by atoms with Crippen molar-refractivity contribution in [2.75, 3.05) is 14.2 Å². The summed E-state index contributed by atoms with van der Waals surface area (Å²) < 4.78 is 27.0. The molecule has 0 saturated carbocycles. The summed E-state index contributed by atoms with van der Waals surface area (Å²) in [5.41, 5.74) is 7.69. The van der Waals surface area contributed by atoms with Crippen LogP contribution in [-0.2, 0) is 5.79 Å². The zero-order valence-corrected chi connectivity index (χ0v) is 31.3. The van der Waals surface area contributed by atoms with Crippen LogP contribution in [0.5, 0.6) is 23.0 Å². The van der Waals surface area contributed by atoms with Gasteiger partial charge in [-0.15, -0.1) is 0 Å². The Morgan fingerprint density at radius 2 is 1.05 bits per heavy atom. The number of rotatable bonds is 7. The molecule has 0 saturated heterocycles. The first-order chi connectivity index (χ1) is 27.6. The Labute approximate surface area is 327 Å². The highest BCUT2D eigenvalue weighted by molar-refractivity contribution is 5.92. The van der Waals surface area contributed by atoms with E-state index in [1.54, 1.807) is 14.2 Å². The van der Waals surface area contributed by atoms with Crippen molar-refractivity contribution in [2.45, 2.75) is 17.6 Å². The van der Waals surface area contributed by atoms with E-state index in [1.165, 1.54) is 0 Å². The van der Waals surface area contributed by atoms with Gasteiger partial charge in [0, 0.05) is 28.5 Å². The molecular weight excluding hydrogens is 689 g/mol. The topological polar surface area (TPSA) is 36.9 Å². The average molecular weight is 729 g/mol. The van der Waals surface area contributed by atoms with Crippen molar-refractivity contribution in [2.24, 2.45) is 5.92 Å². The minimum absolute atomic E-state index is 0.215. The van der Waals surface area contributed by atoms with Crippen molar-refractivity contribution < 1.29 is 18.9 Å². The summed E-state index contributed by atoms with van der Waals surface area (Å²) in [6, 6.07) is 64.0. The zero-order valence-electron chi connectivity index (χ0n) is 31.3. The molecule has 0 N–H and O–H groups in total. The summed E-state index contributed by atoms with van der Waals surface area (Å²) in [4.78, 5) is 0. The number of fused-ring (bicyclic) bond motifs is 7. The summed E-state index contributed by atoms with van der Waals surface area (Å²) in [5.74, 6) is 1.05. The van der Waals surface area contributed by atoms with Crippen molar-refractivity contribution in [1.82, 2.24) is 0 Å². The van der Waals surface area contributed by atoms with E-state index < -0.39 is 5.79 Å². The van der Waals surface area contributed by atoms with Gasteiger partial charge in [0.15, 0.2) is 0 Å². The third-order valence-electron chi connectivity index (χ3n) is 11.7. The standard InChI is InChI=1S/C52H40O4/c1-53-40-23-13-21-38(31-40)48-50-43-26-12-10-20-37(43)28-30-47(50)56-52(39-22-14-24-41(32-39)54-2)51(48)45(49-42-25-11-9-19-36(42)27-29-46(49)55-52)33-44(34-15-5-3-6-16-34)35-17-7-4-8-18-35/h3-33,45,48,51H,1-2H3. The molecule has 4 heteroatoms. The van der Waals surface area contributed by atoms with E-state index in [2.05, 4.69) is 170 Å². The number of hydrogen-bond acceptors (Lipinski definition) is 4. The van der Waals surface area contributed by atoms with E-state index in [9.17, 15) is 0 Å². The Bertz CT molecular complexity index is 2710. The van der Waals surface area contributed by atoms with Gasteiger partial charge < -0.3 is 18.9 Å². The molecular formula is C52H40O4. The molecule has 0 amide bonds. The Balaban J connectivity index is 1.38. The second-order valence-corrected chi connectivity index (χ2v) is 14.6. The summed E-state index contributed by atoms with van der Waals surface area (Å²) >= 11 is 0. The fourth-order valence-corrected chi connectivity index (χ4v) is 9.22. The smallest absolute Gasteiger partial charge is 0.282 e. The quantitative estimate of drug-likeness (QED) is 0.164. The lowest BCUT2D eigenvalue weighted by Gasteiger charge is -2.54. The van der Waals surface area contributed by atoms with Crippen LogP contribution in [0.15, 0.2) is 188 Å². The van der Waals surface area contributed by atoms with Gasteiger partial charge >= 0.3 is 0 Å². The van der Waals surface area contributed by atoms with Crippen LogP contribution in [0, 0.1) is 5.92 Å². The van der Waals surface area contributed by atoms with Crippen molar-refractivity contribution in [3.05, 3.63) is 221 Å². The highest BCUT2D eigenvalue weighted by Gasteiger charge is 2.60. The van der Waals surface area contributed by atoms with Gasteiger partial charge in [-0.05, 0) is 80.2 Å². The number of benzene rings is 8. The van der Waals surface area contributed by atoms with Gasteiger partial charge in [0.05, 0.1) is 20.1 Å². The zero-order chi connectivity index (χ0) is 37.6. The maximum Gasteiger partial charge on any atom is 0.282 e. The van der Waals surface area contributed by atoms with Crippen LogP contribution >= 0.6 is 0 Å². The fraction of sp³-hybridized carbons (Fsp3) is 0.115. The number of ether oxygens (including phenoxy) is 4. The van der Waals surface area contributed by atoms with E-state index in [-0.39, 0.29) is 17.8 Å². The van der Waals surface area contributed by atoms with E-state index in [1.807, 2.05) is 18.2 Å². The first kappa shape index (κ1) is 33.8. The monoisotopic (exact) mass is 728 g/mol. The highest BCUT2D eigenvalue weighted by atomic mass is 16.7. The molecule has 0 spiro atoms. The van der Waals surface area contributed by atoms with Crippen molar-refractivity contribution in [1.29, 1.82) is 0 Å². The maximum atomic E-state index is 7.58. The van der Waals surface area contributed by atoms with E-state index in [4.69, 9.17) is 18.9 Å². The predicted molar refractivity (Wildman–Crippen MR) is 225 cm³/mol. The van der Waals surface area contributed by atoms with Crippen LogP contribution in [0.2, 0.25) is 0 Å². The van der Waals surface area contributed by atoms with Gasteiger partial charge in [-0.1, -0.05) is 152 Å². The van der Waals surface area contributed by atoms with E-state index >= 15 is 0 Å². The van der Waals surface area contributed by atoms with Gasteiger partial charge in [-0.25, -0.2) is 0 Å². The Morgan fingerprint density at radius 3 is 1.68 bits per heavy atom. The average Bonchev–Trinajstić information content (AvgIpc) is 3.27. The Hall–Kier alpha value is -6.78. The van der Waals surface area contributed by atoms with Gasteiger partial charge in [-0.3, -0.25) is 0 Å². The van der Waals surface area contributed by atoms with Crippen LogP contribution in [0.4, 0.5) is 0 Å². The molecule has 4 unspecified atom stereocenters. The second kappa shape index (κ2) is 13.8. The first-order valence-electron chi connectivity index (χ1n) is 19.2. The molecule has 2 aliphatic heterocycles. The molecule has 2 aliphatic rings. The van der Waals surface area contributed by atoms with Crippen molar-refractivity contribution in [3.8, 4) is 23.0 Å². The third-order valence-corrected chi connectivity index (χ3v) is 11.7. The third kappa shape index (κ3) is 5.52. The van der Waals surface area contributed by atoms with Gasteiger partial charge in [0.25, 0.3) is 5.79 Å². The summed E-state index contributed by atoms with van der Waals surface area (Å²) in [6.45, 7) is 0. The maximum absolute atomic E-state index is 7.58. The normalized spacial score (nSPS) is 19.4. The largest absolute Gasteiger partial charge is 0.497 e. The van der Waals surface area contributed by atoms with E-state index in [0.29, 0.717) is 0 Å². The molecule has 10 rings (SSSR count). The van der Waals surface area contributed by atoms with Crippen molar-refractivity contribution in [3.63, 3.8) is 0 Å².